The van der Waals surface area contributed by atoms with E-state index in [1.54, 1.807) is 19.1 Å². The Balaban J connectivity index is 1.76. The number of aromatic nitrogens is 1. The highest BCUT2D eigenvalue weighted by atomic mass is 16.5. The lowest BCUT2D eigenvalue weighted by Gasteiger charge is -2.17. The summed E-state index contributed by atoms with van der Waals surface area (Å²) in [6.07, 6.45) is 4.03. The van der Waals surface area contributed by atoms with Gasteiger partial charge in [-0.05, 0) is 38.3 Å². The third-order valence-electron chi connectivity index (χ3n) is 4.88. The minimum atomic E-state index is -0.473. The maximum atomic E-state index is 12.8. The first kappa shape index (κ1) is 19.7. The third kappa shape index (κ3) is 4.60. The molecule has 3 rings (SSSR count). The monoisotopic (exact) mass is 383 g/mol. The standard InChI is InChI=1S/C21H25N3O4/c1-3-28-18(25)8-7-16(11-15-9-10-22-20(15)26)23-21(27)17-12-14-6-4-5-13(2)19(14)24-17/h4-8,12,15-16,24H,3,9-11H2,1-2H3,(H,22,26)(H,23,27)/b8-7+. The van der Waals surface area contributed by atoms with Crippen LogP contribution in [-0.2, 0) is 14.3 Å². The van der Waals surface area contributed by atoms with Gasteiger partial charge in [-0.2, -0.15) is 0 Å². The van der Waals surface area contributed by atoms with Gasteiger partial charge in [0.15, 0.2) is 0 Å². The van der Waals surface area contributed by atoms with E-state index in [0.717, 1.165) is 16.5 Å². The molecule has 1 aliphatic heterocycles. The molecule has 0 spiro atoms. The van der Waals surface area contributed by atoms with Gasteiger partial charge in [-0.15, -0.1) is 0 Å². The summed E-state index contributed by atoms with van der Waals surface area (Å²) in [7, 11) is 0. The lowest BCUT2D eigenvalue weighted by Crippen LogP contribution is -2.36. The predicted molar refractivity (Wildman–Crippen MR) is 106 cm³/mol. The molecule has 0 radical (unpaired) electrons. The number of fused-ring (bicyclic) bond motifs is 1. The summed E-state index contributed by atoms with van der Waals surface area (Å²) < 4.78 is 4.90. The number of benzene rings is 1. The summed E-state index contributed by atoms with van der Waals surface area (Å²) in [5.41, 5.74) is 2.41. The topological polar surface area (TPSA) is 100 Å². The van der Waals surface area contributed by atoms with Crippen molar-refractivity contribution in [2.75, 3.05) is 13.2 Å². The molecule has 3 N–H and O–H groups in total. The lowest BCUT2D eigenvalue weighted by molar-refractivity contribution is -0.137. The van der Waals surface area contributed by atoms with E-state index in [1.807, 2.05) is 25.1 Å². The van der Waals surface area contributed by atoms with Gasteiger partial charge in [0, 0.05) is 35.5 Å². The maximum Gasteiger partial charge on any atom is 0.330 e. The van der Waals surface area contributed by atoms with Gasteiger partial charge >= 0.3 is 5.97 Å². The molecular weight excluding hydrogens is 358 g/mol. The number of para-hydroxylation sites is 1. The Morgan fingerprint density at radius 3 is 2.89 bits per heavy atom. The van der Waals surface area contributed by atoms with Crippen molar-refractivity contribution in [2.45, 2.75) is 32.7 Å². The number of nitrogens with one attached hydrogen (secondary N) is 3. The molecule has 2 aromatic rings. The van der Waals surface area contributed by atoms with Crippen LogP contribution < -0.4 is 10.6 Å². The summed E-state index contributed by atoms with van der Waals surface area (Å²) in [6, 6.07) is 7.20. The highest BCUT2D eigenvalue weighted by Crippen LogP contribution is 2.20. The highest BCUT2D eigenvalue weighted by molar-refractivity contribution is 5.99. The summed E-state index contributed by atoms with van der Waals surface area (Å²) in [5, 5.41) is 6.67. The lowest BCUT2D eigenvalue weighted by atomic mass is 9.98. The molecule has 148 valence electrons. The number of carbonyl (C=O) groups is 3. The van der Waals surface area contributed by atoms with Crippen molar-refractivity contribution >= 4 is 28.7 Å². The van der Waals surface area contributed by atoms with E-state index in [1.165, 1.54) is 6.08 Å². The normalized spacial score (nSPS) is 17.6. The number of carbonyl (C=O) groups excluding carboxylic acids is 3. The SMILES string of the molecule is CCOC(=O)/C=C/C(CC1CCNC1=O)NC(=O)c1cc2cccc(C)c2[nH]1. The van der Waals surface area contributed by atoms with Crippen molar-refractivity contribution in [3.8, 4) is 0 Å². The molecule has 0 saturated carbocycles. The van der Waals surface area contributed by atoms with Crippen molar-refractivity contribution in [2.24, 2.45) is 5.92 Å². The number of H-pyrrole nitrogens is 1. The average Bonchev–Trinajstić information content (AvgIpc) is 3.27. The van der Waals surface area contributed by atoms with Crippen molar-refractivity contribution < 1.29 is 19.1 Å². The number of aryl methyl sites for hydroxylation is 1. The smallest absolute Gasteiger partial charge is 0.330 e. The summed E-state index contributed by atoms with van der Waals surface area (Å²) >= 11 is 0. The molecule has 2 atom stereocenters. The fourth-order valence-corrected chi connectivity index (χ4v) is 3.42. The highest BCUT2D eigenvalue weighted by Gasteiger charge is 2.27. The molecule has 1 fully saturated rings. The first-order valence-corrected chi connectivity index (χ1v) is 9.49. The molecule has 1 aromatic heterocycles. The molecular formula is C21H25N3O4. The van der Waals surface area contributed by atoms with Crippen LogP contribution in [0.5, 0.6) is 0 Å². The van der Waals surface area contributed by atoms with Gasteiger partial charge in [-0.3, -0.25) is 9.59 Å². The predicted octanol–water partition coefficient (Wildman–Crippen LogP) is 2.22. The van der Waals surface area contributed by atoms with Crippen molar-refractivity contribution in [1.29, 1.82) is 0 Å². The van der Waals surface area contributed by atoms with E-state index in [-0.39, 0.29) is 24.3 Å². The Kier molecular flexibility index (Phi) is 6.13. The molecule has 1 aromatic carbocycles. The van der Waals surface area contributed by atoms with Crippen LogP contribution in [0.2, 0.25) is 0 Å². The minimum absolute atomic E-state index is 0.0231. The number of ether oxygens (including phenoxy) is 1. The number of aromatic amines is 1. The Bertz CT molecular complexity index is 916. The molecule has 0 aliphatic carbocycles. The van der Waals surface area contributed by atoms with Crippen LogP contribution in [-0.4, -0.2) is 42.0 Å². The second-order valence-electron chi connectivity index (χ2n) is 6.93. The molecule has 2 amide bonds. The van der Waals surface area contributed by atoms with Gasteiger partial charge in [0.25, 0.3) is 5.91 Å². The zero-order valence-corrected chi connectivity index (χ0v) is 16.1. The van der Waals surface area contributed by atoms with Gasteiger partial charge in [0.05, 0.1) is 6.61 Å². The van der Waals surface area contributed by atoms with Crippen LogP contribution in [0.1, 0.15) is 35.8 Å². The second-order valence-corrected chi connectivity index (χ2v) is 6.93. The number of rotatable bonds is 7. The van der Waals surface area contributed by atoms with Crippen LogP contribution in [0.25, 0.3) is 10.9 Å². The Morgan fingerprint density at radius 2 is 2.21 bits per heavy atom. The van der Waals surface area contributed by atoms with Crippen LogP contribution in [0.3, 0.4) is 0 Å². The zero-order valence-electron chi connectivity index (χ0n) is 16.1. The summed E-state index contributed by atoms with van der Waals surface area (Å²) in [4.78, 5) is 39.5. The molecule has 28 heavy (non-hydrogen) atoms. The number of hydrogen-bond donors (Lipinski definition) is 3. The van der Waals surface area contributed by atoms with Crippen LogP contribution in [0.15, 0.2) is 36.4 Å². The van der Waals surface area contributed by atoms with Gasteiger partial charge in [-0.25, -0.2) is 4.79 Å². The van der Waals surface area contributed by atoms with Gasteiger partial charge < -0.3 is 20.4 Å². The fourth-order valence-electron chi connectivity index (χ4n) is 3.42. The van der Waals surface area contributed by atoms with Crippen molar-refractivity contribution in [3.05, 3.63) is 47.7 Å². The third-order valence-corrected chi connectivity index (χ3v) is 4.88. The van der Waals surface area contributed by atoms with E-state index in [0.29, 0.717) is 25.1 Å². The number of amides is 2. The largest absolute Gasteiger partial charge is 0.463 e. The van der Waals surface area contributed by atoms with Gasteiger partial charge in [-0.1, -0.05) is 24.3 Å². The molecule has 2 heterocycles. The summed E-state index contributed by atoms with van der Waals surface area (Å²) in [6.45, 7) is 4.61. The molecule has 1 saturated heterocycles. The van der Waals surface area contributed by atoms with E-state index < -0.39 is 12.0 Å². The number of hydrogen-bond acceptors (Lipinski definition) is 4. The second kappa shape index (κ2) is 8.73. The minimum Gasteiger partial charge on any atom is -0.463 e. The van der Waals surface area contributed by atoms with Crippen LogP contribution >= 0.6 is 0 Å². The van der Waals surface area contributed by atoms with Crippen LogP contribution in [0.4, 0.5) is 0 Å². The molecule has 0 bridgehead atoms. The van der Waals surface area contributed by atoms with E-state index >= 15 is 0 Å². The van der Waals surface area contributed by atoms with Crippen LogP contribution in [0, 0.1) is 12.8 Å². The van der Waals surface area contributed by atoms with Crippen molar-refractivity contribution in [1.82, 2.24) is 15.6 Å². The van der Waals surface area contributed by atoms with Gasteiger partial charge in [0.1, 0.15) is 5.69 Å². The van der Waals surface area contributed by atoms with E-state index in [9.17, 15) is 14.4 Å². The summed E-state index contributed by atoms with van der Waals surface area (Å²) in [5.74, 6) is -0.974. The fraction of sp³-hybridized carbons (Fsp3) is 0.381. The average molecular weight is 383 g/mol. The zero-order chi connectivity index (χ0) is 20.1. The quantitative estimate of drug-likeness (QED) is 0.504. The van der Waals surface area contributed by atoms with E-state index in [2.05, 4.69) is 15.6 Å². The maximum absolute atomic E-state index is 12.8. The van der Waals surface area contributed by atoms with E-state index in [4.69, 9.17) is 4.74 Å². The number of esters is 1. The molecule has 1 aliphatic rings. The first-order valence-electron chi connectivity index (χ1n) is 9.49. The van der Waals surface area contributed by atoms with Crippen molar-refractivity contribution in [3.63, 3.8) is 0 Å². The Labute approximate surface area is 163 Å². The molecule has 7 nitrogen and oxygen atoms in total. The Morgan fingerprint density at radius 1 is 1.39 bits per heavy atom. The first-order chi connectivity index (χ1) is 13.5. The van der Waals surface area contributed by atoms with Gasteiger partial charge in [0.2, 0.25) is 5.91 Å². The Hall–Kier alpha value is -3.09. The molecule has 7 heteroatoms. The molecule has 2 unspecified atom stereocenters.